The van der Waals surface area contributed by atoms with Crippen LogP contribution in [0.25, 0.3) is 5.78 Å². The van der Waals surface area contributed by atoms with E-state index in [9.17, 15) is 9.59 Å². The number of benzene rings is 1. The highest BCUT2D eigenvalue weighted by atomic mass is 79.9. The first kappa shape index (κ1) is 21.4. The number of nitrogens with zero attached hydrogens (tertiary/aromatic N) is 5. The summed E-state index contributed by atoms with van der Waals surface area (Å²) in [4.78, 5) is 30.0. The molecule has 0 atom stereocenters. The van der Waals surface area contributed by atoms with Crippen molar-refractivity contribution >= 4 is 38.1 Å². The van der Waals surface area contributed by atoms with Gasteiger partial charge in [-0.1, -0.05) is 50.1 Å². The number of nitrogens with one attached hydrogen (secondary N) is 1. The standard InChI is InChI=1S/C22H25BrN6O2/c1-2-3-7-12-28-20-16(13-17(23)25-20)21(31)29-18(26-27-22(28)29)10-11-19(30)24-14-15-8-5-4-6-9-15/h4-6,8-9H,2-3,7,10-14H2,1H3,(H,24,30). The first-order chi connectivity index (χ1) is 15.1. The molecule has 31 heavy (non-hydrogen) atoms. The van der Waals surface area contributed by atoms with Crippen molar-refractivity contribution in [1.29, 1.82) is 0 Å². The molecule has 3 aromatic rings. The number of fused-ring (bicyclic) bond motifs is 2. The zero-order valence-corrected chi connectivity index (χ0v) is 19.1. The van der Waals surface area contributed by atoms with Gasteiger partial charge in [0.1, 0.15) is 11.6 Å². The summed E-state index contributed by atoms with van der Waals surface area (Å²) in [5, 5.41) is 11.5. The first-order valence-corrected chi connectivity index (χ1v) is 11.4. The molecule has 9 heteroatoms. The third-order valence-electron chi connectivity index (χ3n) is 5.38. The van der Waals surface area contributed by atoms with Crippen molar-refractivity contribution in [3.05, 3.63) is 57.6 Å². The van der Waals surface area contributed by atoms with Crippen molar-refractivity contribution in [2.75, 3.05) is 0 Å². The summed E-state index contributed by atoms with van der Waals surface area (Å²) in [6.07, 6.45) is 4.20. The number of carbonyl (C=O) groups is 1. The van der Waals surface area contributed by atoms with Crippen molar-refractivity contribution in [3.63, 3.8) is 0 Å². The summed E-state index contributed by atoms with van der Waals surface area (Å²) < 4.78 is 4.27. The van der Waals surface area contributed by atoms with Gasteiger partial charge in [0.05, 0.1) is 10.2 Å². The first-order valence-electron chi connectivity index (χ1n) is 10.6. The number of carbonyl (C=O) groups excluding carboxylic acids is 1. The molecule has 2 aromatic heterocycles. The molecule has 1 amide bonds. The summed E-state index contributed by atoms with van der Waals surface area (Å²) in [6, 6.07) is 9.75. The Hall–Kier alpha value is -2.81. The van der Waals surface area contributed by atoms with Gasteiger partial charge in [-0.05, 0) is 27.9 Å². The highest BCUT2D eigenvalue weighted by Gasteiger charge is 2.25. The molecule has 1 aromatic carbocycles. The number of hydrogen-bond donors (Lipinski definition) is 1. The monoisotopic (exact) mass is 484 g/mol. The summed E-state index contributed by atoms with van der Waals surface area (Å²) in [6.45, 7) is 3.35. The van der Waals surface area contributed by atoms with Crippen LogP contribution >= 0.6 is 15.9 Å². The Balaban J connectivity index is 1.54. The van der Waals surface area contributed by atoms with Gasteiger partial charge >= 0.3 is 0 Å². The second-order valence-corrected chi connectivity index (χ2v) is 8.56. The zero-order valence-electron chi connectivity index (χ0n) is 17.5. The van der Waals surface area contributed by atoms with E-state index >= 15 is 0 Å². The number of aliphatic imine (C=N–C) groups is 1. The molecule has 0 unspecified atom stereocenters. The zero-order chi connectivity index (χ0) is 21.8. The highest BCUT2D eigenvalue weighted by molar-refractivity contribution is 9.18. The van der Waals surface area contributed by atoms with Gasteiger partial charge in [-0.3, -0.25) is 14.2 Å². The van der Waals surface area contributed by atoms with Gasteiger partial charge in [0.15, 0.2) is 0 Å². The average Bonchev–Trinajstić information content (AvgIpc) is 3.38. The predicted octanol–water partition coefficient (Wildman–Crippen LogP) is 3.31. The van der Waals surface area contributed by atoms with Gasteiger partial charge in [0.25, 0.3) is 5.56 Å². The van der Waals surface area contributed by atoms with E-state index in [-0.39, 0.29) is 17.9 Å². The summed E-state index contributed by atoms with van der Waals surface area (Å²) >= 11 is 3.43. The smallest absolute Gasteiger partial charge is 0.266 e. The Bertz CT molecular complexity index is 1180. The van der Waals surface area contributed by atoms with Gasteiger partial charge in [-0.15, -0.1) is 10.2 Å². The maximum Gasteiger partial charge on any atom is 0.266 e. The summed E-state index contributed by atoms with van der Waals surface area (Å²) in [7, 11) is 0. The Morgan fingerprint density at radius 3 is 2.77 bits per heavy atom. The lowest BCUT2D eigenvalue weighted by Gasteiger charge is -2.12. The van der Waals surface area contributed by atoms with E-state index in [0.29, 0.717) is 42.4 Å². The second kappa shape index (κ2) is 9.55. The van der Waals surface area contributed by atoms with Crippen molar-refractivity contribution in [3.8, 4) is 0 Å². The number of rotatable bonds is 9. The molecule has 0 aliphatic carbocycles. The van der Waals surface area contributed by atoms with E-state index in [4.69, 9.17) is 0 Å². The normalized spacial score (nSPS) is 12.8. The molecular weight excluding hydrogens is 460 g/mol. The SMILES string of the molecule is CCCCCn1c2c(c(=O)n3c(CCC(=O)NCc4ccccc4)nnc13)CC(Br)=N2. The molecule has 0 radical (unpaired) electrons. The summed E-state index contributed by atoms with van der Waals surface area (Å²) in [5.74, 6) is 1.58. The third-order valence-corrected chi connectivity index (χ3v) is 5.84. The molecule has 4 rings (SSSR count). The average molecular weight is 485 g/mol. The number of hydrogen-bond acceptors (Lipinski definition) is 5. The molecule has 0 spiro atoms. The van der Waals surface area contributed by atoms with Crippen LogP contribution < -0.4 is 10.9 Å². The number of aryl methyl sites for hydroxylation is 2. The topological polar surface area (TPSA) is 93.7 Å². The highest BCUT2D eigenvalue weighted by Crippen LogP contribution is 2.28. The van der Waals surface area contributed by atoms with Crippen LogP contribution in [-0.4, -0.2) is 29.7 Å². The fourth-order valence-corrected chi connectivity index (χ4v) is 4.21. The maximum absolute atomic E-state index is 13.2. The van der Waals surface area contributed by atoms with Gasteiger partial charge in [-0.2, -0.15) is 0 Å². The van der Waals surface area contributed by atoms with Gasteiger partial charge < -0.3 is 5.32 Å². The van der Waals surface area contributed by atoms with Crippen molar-refractivity contribution in [1.82, 2.24) is 24.5 Å². The molecule has 0 fully saturated rings. The second-order valence-electron chi connectivity index (χ2n) is 7.64. The van der Waals surface area contributed by atoms with Crippen LogP contribution in [0, 0.1) is 0 Å². The van der Waals surface area contributed by atoms with E-state index in [1.165, 1.54) is 0 Å². The molecule has 1 N–H and O–H groups in total. The molecule has 0 bridgehead atoms. The van der Waals surface area contributed by atoms with E-state index in [0.717, 1.165) is 36.0 Å². The van der Waals surface area contributed by atoms with Crippen molar-refractivity contribution in [2.45, 2.75) is 58.5 Å². The van der Waals surface area contributed by atoms with Crippen LogP contribution in [0.5, 0.6) is 0 Å². The Morgan fingerprint density at radius 1 is 1.19 bits per heavy atom. The number of aromatic nitrogens is 4. The molecule has 8 nitrogen and oxygen atoms in total. The minimum Gasteiger partial charge on any atom is -0.352 e. The predicted molar refractivity (Wildman–Crippen MR) is 123 cm³/mol. The van der Waals surface area contributed by atoms with Crippen LogP contribution in [-0.2, 0) is 30.7 Å². The lowest BCUT2D eigenvalue weighted by atomic mass is 10.2. The molecule has 1 aliphatic rings. The quantitative estimate of drug-likeness (QED) is 0.471. The van der Waals surface area contributed by atoms with E-state index in [1.807, 2.05) is 34.9 Å². The Kier molecular flexibility index (Phi) is 6.60. The van der Waals surface area contributed by atoms with Crippen LogP contribution in [0.1, 0.15) is 49.6 Å². The Labute approximate surface area is 188 Å². The number of amides is 1. The third kappa shape index (κ3) is 4.61. The number of halogens is 1. The van der Waals surface area contributed by atoms with Gasteiger partial charge in [0.2, 0.25) is 11.7 Å². The van der Waals surface area contributed by atoms with Crippen LogP contribution in [0.4, 0.5) is 5.82 Å². The van der Waals surface area contributed by atoms with E-state index in [2.05, 4.69) is 43.4 Å². The molecule has 1 aliphatic heterocycles. The minimum atomic E-state index is -0.153. The van der Waals surface area contributed by atoms with Crippen molar-refractivity contribution in [2.24, 2.45) is 4.99 Å². The number of unbranched alkanes of at least 4 members (excludes halogenated alkanes) is 2. The van der Waals surface area contributed by atoms with E-state index < -0.39 is 0 Å². The van der Waals surface area contributed by atoms with Crippen LogP contribution in [0.3, 0.4) is 0 Å². The fraction of sp³-hybridized carbons (Fsp3) is 0.409. The molecule has 162 valence electrons. The lowest BCUT2D eigenvalue weighted by molar-refractivity contribution is -0.121. The van der Waals surface area contributed by atoms with Gasteiger partial charge in [-0.25, -0.2) is 9.39 Å². The maximum atomic E-state index is 13.2. The summed E-state index contributed by atoms with van der Waals surface area (Å²) in [5.41, 5.74) is 1.53. The Morgan fingerprint density at radius 2 is 2.00 bits per heavy atom. The molecule has 3 heterocycles. The van der Waals surface area contributed by atoms with Crippen molar-refractivity contribution < 1.29 is 4.79 Å². The van der Waals surface area contributed by atoms with E-state index in [1.54, 1.807) is 4.40 Å². The largest absolute Gasteiger partial charge is 0.352 e. The molecule has 0 saturated carbocycles. The molecular formula is C22H25BrN6O2. The lowest BCUT2D eigenvalue weighted by Crippen LogP contribution is -2.26. The fourth-order valence-electron chi connectivity index (χ4n) is 3.76. The molecule has 0 saturated heterocycles. The minimum absolute atomic E-state index is 0.0869. The van der Waals surface area contributed by atoms with Crippen LogP contribution in [0.15, 0.2) is 40.1 Å². The van der Waals surface area contributed by atoms with Crippen LogP contribution in [0.2, 0.25) is 0 Å². The van der Waals surface area contributed by atoms with Gasteiger partial charge in [0, 0.05) is 32.4 Å².